The normalized spacial score (nSPS) is 11.8. The summed E-state index contributed by atoms with van der Waals surface area (Å²) in [7, 11) is 1.67. The van der Waals surface area contributed by atoms with Crippen molar-refractivity contribution in [3.63, 3.8) is 0 Å². The SMILES string of the molecule is CCOc1cccnc1NC(C)c1ccc(OC)cc1. The number of rotatable bonds is 6. The molecule has 0 spiro atoms. The van der Waals surface area contributed by atoms with Crippen molar-refractivity contribution in [2.24, 2.45) is 0 Å². The van der Waals surface area contributed by atoms with Gasteiger partial charge in [0.15, 0.2) is 11.6 Å². The maximum absolute atomic E-state index is 5.57. The molecule has 2 aromatic rings. The molecule has 1 unspecified atom stereocenters. The Morgan fingerprint density at radius 2 is 1.95 bits per heavy atom. The lowest BCUT2D eigenvalue weighted by Gasteiger charge is -2.17. The Kier molecular flexibility index (Phi) is 4.82. The number of pyridine rings is 1. The highest BCUT2D eigenvalue weighted by molar-refractivity contribution is 5.51. The molecule has 0 saturated carbocycles. The fourth-order valence-electron chi connectivity index (χ4n) is 1.95. The lowest BCUT2D eigenvalue weighted by Crippen LogP contribution is -2.09. The monoisotopic (exact) mass is 272 g/mol. The van der Waals surface area contributed by atoms with Crippen molar-refractivity contribution in [1.29, 1.82) is 0 Å². The minimum Gasteiger partial charge on any atom is -0.497 e. The van der Waals surface area contributed by atoms with Crippen LogP contribution in [0.3, 0.4) is 0 Å². The van der Waals surface area contributed by atoms with E-state index in [9.17, 15) is 0 Å². The molecule has 20 heavy (non-hydrogen) atoms. The fraction of sp³-hybridized carbons (Fsp3) is 0.312. The van der Waals surface area contributed by atoms with E-state index in [0.717, 1.165) is 17.3 Å². The van der Waals surface area contributed by atoms with Crippen LogP contribution in [-0.2, 0) is 0 Å². The lowest BCUT2D eigenvalue weighted by molar-refractivity contribution is 0.340. The van der Waals surface area contributed by atoms with Gasteiger partial charge in [-0.2, -0.15) is 0 Å². The Balaban J connectivity index is 2.12. The van der Waals surface area contributed by atoms with Gasteiger partial charge in [-0.25, -0.2) is 4.98 Å². The average Bonchev–Trinajstić information content (AvgIpc) is 2.49. The van der Waals surface area contributed by atoms with E-state index in [0.29, 0.717) is 6.61 Å². The molecule has 0 aliphatic carbocycles. The number of hydrogen-bond acceptors (Lipinski definition) is 4. The van der Waals surface area contributed by atoms with Crippen LogP contribution < -0.4 is 14.8 Å². The summed E-state index contributed by atoms with van der Waals surface area (Å²) in [6, 6.07) is 11.9. The molecule has 0 radical (unpaired) electrons. The van der Waals surface area contributed by atoms with Crippen LogP contribution in [0.4, 0.5) is 5.82 Å². The van der Waals surface area contributed by atoms with Gasteiger partial charge in [-0.3, -0.25) is 0 Å². The number of nitrogens with zero attached hydrogens (tertiary/aromatic N) is 1. The third-order valence-electron chi connectivity index (χ3n) is 3.04. The molecule has 0 aliphatic rings. The third kappa shape index (κ3) is 3.41. The zero-order chi connectivity index (χ0) is 14.4. The summed E-state index contributed by atoms with van der Waals surface area (Å²) in [6.07, 6.45) is 1.76. The van der Waals surface area contributed by atoms with E-state index >= 15 is 0 Å². The quantitative estimate of drug-likeness (QED) is 0.871. The van der Waals surface area contributed by atoms with Crippen LogP contribution in [0.5, 0.6) is 11.5 Å². The molecule has 0 aliphatic heterocycles. The highest BCUT2D eigenvalue weighted by Gasteiger charge is 2.10. The Bertz CT molecular complexity index is 540. The van der Waals surface area contributed by atoms with Crippen LogP contribution in [0.15, 0.2) is 42.6 Å². The molecule has 1 atom stereocenters. The van der Waals surface area contributed by atoms with E-state index in [1.165, 1.54) is 5.56 Å². The summed E-state index contributed by atoms with van der Waals surface area (Å²) in [5, 5.41) is 3.37. The average molecular weight is 272 g/mol. The number of ether oxygens (including phenoxy) is 2. The van der Waals surface area contributed by atoms with Crippen LogP contribution in [0.2, 0.25) is 0 Å². The molecule has 0 fully saturated rings. The lowest BCUT2D eigenvalue weighted by atomic mass is 10.1. The molecule has 0 bridgehead atoms. The van der Waals surface area contributed by atoms with Crippen molar-refractivity contribution in [3.8, 4) is 11.5 Å². The van der Waals surface area contributed by atoms with Gasteiger partial charge < -0.3 is 14.8 Å². The van der Waals surface area contributed by atoms with Crippen molar-refractivity contribution in [2.75, 3.05) is 19.0 Å². The predicted octanol–water partition coefficient (Wildman–Crippen LogP) is 3.66. The third-order valence-corrected chi connectivity index (χ3v) is 3.04. The Hall–Kier alpha value is -2.23. The van der Waals surface area contributed by atoms with Crippen molar-refractivity contribution < 1.29 is 9.47 Å². The number of hydrogen-bond donors (Lipinski definition) is 1. The maximum Gasteiger partial charge on any atom is 0.169 e. The van der Waals surface area contributed by atoms with Crippen LogP contribution in [0, 0.1) is 0 Å². The molecule has 4 heteroatoms. The summed E-state index contributed by atoms with van der Waals surface area (Å²) in [4.78, 5) is 4.34. The molecule has 0 amide bonds. The summed E-state index contributed by atoms with van der Waals surface area (Å²) in [5.74, 6) is 2.39. The van der Waals surface area contributed by atoms with Crippen molar-refractivity contribution in [1.82, 2.24) is 4.98 Å². The highest BCUT2D eigenvalue weighted by Crippen LogP contribution is 2.26. The number of benzene rings is 1. The zero-order valence-electron chi connectivity index (χ0n) is 12.1. The molecule has 0 saturated heterocycles. The standard InChI is InChI=1S/C16H20N2O2/c1-4-20-15-6-5-11-17-16(15)18-12(2)13-7-9-14(19-3)10-8-13/h5-12H,4H2,1-3H3,(H,17,18). The highest BCUT2D eigenvalue weighted by atomic mass is 16.5. The molecule has 1 aromatic heterocycles. The summed E-state index contributed by atoms with van der Waals surface area (Å²) >= 11 is 0. The van der Waals surface area contributed by atoms with Gasteiger partial charge in [-0.15, -0.1) is 0 Å². The van der Waals surface area contributed by atoms with Crippen molar-refractivity contribution in [3.05, 3.63) is 48.2 Å². The number of methoxy groups -OCH3 is 1. The largest absolute Gasteiger partial charge is 0.497 e. The smallest absolute Gasteiger partial charge is 0.169 e. The minimum atomic E-state index is 0.134. The summed E-state index contributed by atoms with van der Waals surface area (Å²) in [6.45, 7) is 4.67. The van der Waals surface area contributed by atoms with Gasteiger partial charge in [0.25, 0.3) is 0 Å². The van der Waals surface area contributed by atoms with Gasteiger partial charge in [0.1, 0.15) is 5.75 Å². The molecule has 2 rings (SSSR count). The second kappa shape index (κ2) is 6.80. The van der Waals surface area contributed by atoms with Crippen LogP contribution >= 0.6 is 0 Å². The summed E-state index contributed by atoms with van der Waals surface area (Å²) in [5.41, 5.74) is 1.17. The first-order valence-corrected chi connectivity index (χ1v) is 6.73. The van der Waals surface area contributed by atoms with Crippen LogP contribution in [0.1, 0.15) is 25.5 Å². The maximum atomic E-state index is 5.57. The molecule has 106 valence electrons. The van der Waals surface area contributed by atoms with E-state index in [2.05, 4.69) is 17.2 Å². The number of anilines is 1. The second-order valence-corrected chi connectivity index (χ2v) is 4.42. The van der Waals surface area contributed by atoms with Crippen molar-refractivity contribution >= 4 is 5.82 Å². The molecule has 1 N–H and O–H groups in total. The fourth-order valence-corrected chi connectivity index (χ4v) is 1.95. The minimum absolute atomic E-state index is 0.134. The Morgan fingerprint density at radius 3 is 2.60 bits per heavy atom. The molecular weight excluding hydrogens is 252 g/mol. The van der Waals surface area contributed by atoms with E-state index < -0.39 is 0 Å². The van der Waals surface area contributed by atoms with Gasteiger partial charge in [-0.1, -0.05) is 12.1 Å². The molecule has 4 nitrogen and oxygen atoms in total. The molecular formula is C16H20N2O2. The van der Waals surface area contributed by atoms with Crippen LogP contribution in [-0.4, -0.2) is 18.7 Å². The number of aromatic nitrogens is 1. The van der Waals surface area contributed by atoms with Gasteiger partial charge in [-0.05, 0) is 43.7 Å². The first kappa shape index (κ1) is 14.2. The Morgan fingerprint density at radius 1 is 1.20 bits per heavy atom. The molecule has 1 aromatic carbocycles. The van der Waals surface area contributed by atoms with Gasteiger partial charge >= 0.3 is 0 Å². The Labute approximate surface area is 119 Å². The molecule has 1 heterocycles. The summed E-state index contributed by atoms with van der Waals surface area (Å²) < 4.78 is 10.7. The van der Waals surface area contributed by atoms with E-state index in [4.69, 9.17) is 9.47 Å². The van der Waals surface area contributed by atoms with E-state index in [1.54, 1.807) is 13.3 Å². The van der Waals surface area contributed by atoms with E-state index in [1.807, 2.05) is 43.3 Å². The van der Waals surface area contributed by atoms with E-state index in [-0.39, 0.29) is 6.04 Å². The van der Waals surface area contributed by atoms with Gasteiger partial charge in [0.2, 0.25) is 0 Å². The zero-order valence-corrected chi connectivity index (χ0v) is 12.1. The topological polar surface area (TPSA) is 43.4 Å². The second-order valence-electron chi connectivity index (χ2n) is 4.42. The van der Waals surface area contributed by atoms with Gasteiger partial charge in [0, 0.05) is 6.20 Å². The van der Waals surface area contributed by atoms with Gasteiger partial charge in [0.05, 0.1) is 19.8 Å². The van der Waals surface area contributed by atoms with Crippen molar-refractivity contribution in [2.45, 2.75) is 19.9 Å². The first-order valence-electron chi connectivity index (χ1n) is 6.73. The van der Waals surface area contributed by atoms with Crippen LogP contribution in [0.25, 0.3) is 0 Å². The predicted molar refractivity (Wildman–Crippen MR) is 80.4 cm³/mol. The number of nitrogens with one attached hydrogen (secondary N) is 1. The first-order chi connectivity index (χ1) is 9.74.